The summed E-state index contributed by atoms with van der Waals surface area (Å²) in [5.41, 5.74) is 0.506. The number of alkyl halides is 1. The van der Waals surface area contributed by atoms with Crippen molar-refractivity contribution in [3.05, 3.63) is 24.5 Å². The van der Waals surface area contributed by atoms with Crippen LogP contribution in [0, 0.1) is 0 Å². The van der Waals surface area contributed by atoms with E-state index in [2.05, 4.69) is 10.3 Å². The van der Waals surface area contributed by atoms with Gasteiger partial charge in [-0.25, -0.2) is 4.39 Å². The number of carbonyl (C=O) groups excluding carboxylic acids is 1. The van der Waals surface area contributed by atoms with Crippen molar-refractivity contribution in [2.24, 2.45) is 0 Å². The minimum absolute atomic E-state index is 0.506. The van der Waals surface area contributed by atoms with Crippen molar-refractivity contribution >= 4 is 11.6 Å². The van der Waals surface area contributed by atoms with Gasteiger partial charge in [0, 0.05) is 6.20 Å². The van der Waals surface area contributed by atoms with Crippen LogP contribution >= 0.6 is 0 Å². The molecule has 1 aromatic heterocycles. The smallest absolute Gasteiger partial charge is 0.258 e. The van der Waals surface area contributed by atoms with Crippen molar-refractivity contribution in [1.82, 2.24) is 4.98 Å². The number of nitrogens with one attached hydrogen (secondary N) is 1. The minimum atomic E-state index is -1.50. The first kappa shape index (κ1) is 8.64. The number of pyridine rings is 1. The topological polar surface area (TPSA) is 42.0 Å². The van der Waals surface area contributed by atoms with Crippen molar-refractivity contribution in [2.45, 2.75) is 13.1 Å². The van der Waals surface area contributed by atoms with E-state index in [1.807, 2.05) is 0 Å². The lowest BCUT2D eigenvalue weighted by Crippen LogP contribution is -2.20. The second-order valence-corrected chi connectivity index (χ2v) is 2.35. The van der Waals surface area contributed by atoms with Gasteiger partial charge in [-0.1, -0.05) is 0 Å². The third kappa shape index (κ3) is 2.30. The van der Waals surface area contributed by atoms with Crippen LogP contribution in [-0.2, 0) is 4.79 Å². The van der Waals surface area contributed by atoms with E-state index in [0.29, 0.717) is 5.69 Å². The molecule has 3 nitrogen and oxygen atoms in total. The summed E-state index contributed by atoms with van der Waals surface area (Å²) < 4.78 is 12.3. The van der Waals surface area contributed by atoms with Crippen LogP contribution in [0.1, 0.15) is 6.92 Å². The molecule has 64 valence electrons. The maximum absolute atomic E-state index is 12.3. The number of hydrogen-bond donors (Lipinski definition) is 1. The lowest BCUT2D eigenvalue weighted by atomic mass is 10.3. The van der Waals surface area contributed by atoms with Gasteiger partial charge in [0.25, 0.3) is 5.91 Å². The van der Waals surface area contributed by atoms with E-state index in [0.717, 1.165) is 0 Å². The number of aromatic nitrogens is 1. The molecule has 1 unspecified atom stereocenters. The molecular weight excluding hydrogens is 159 g/mol. The number of anilines is 1. The molecule has 1 N–H and O–H groups in total. The maximum atomic E-state index is 12.3. The van der Waals surface area contributed by atoms with Crippen LogP contribution in [0.3, 0.4) is 0 Å². The van der Waals surface area contributed by atoms with Crippen LogP contribution in [0.25, 0.3) is 0 Å². The van der Waals surface area contributed by atoms with Crippen molar-refractivity contribution in [3.8, 4) is 0 Å². The van der Waals surface area contributed by atoms with Crippen LogP contribution in [0.15, 0.2) is 24.5 Å². The number of halogens is 1. The summed E-state index contributed by atoms with van der Waals surface area (Å²) in [6.07, 6.45) is 1.54. The highest BCUT2D eigenvalue weighted by molar-refractivity contribution is 5.93. The van der Waals surface area contributed by atoms with E-state index in [1.54, 1.807) is 18.3 Å². The Kier molecular flexibility index (Phi) is 2.74. The van der Waals surface area contributed by atoms with Gasteiger partial charge in [0.1, 0.15) is 0 Å². The lowest BCUT2D eigenvalue weighted by molar-refractivity contribution is -0.120. The van der Waals surface area contributed by atoms with E-state index in [-0.39, 0.29) is 0 Å². The second kappa shape index (κ2) is 3.80. The lowest BCUT2D eigenvalue weighted by Gasteiger charge is -2.03. The summed E-state index contributed by atoms with van der Waals surface area (Å²) in [5, 5.41) is 2.36. The van der Waals surface area contributed by atoms with E-state index in [1.165, 1.54) is 13.1 Å². The average Bonchev–Trinajstić information content (AvgIpc) is 2.06. The first-order valence-corrected chi connectivity index (χ1v) is 3.55. The second-order valence-electron chi connectivity index (χ2n) is 2.35. The highest BCUT2D eigenvalue weighted by Crippen LogP contribution is 2.03. The van der Waals surface area contributed by atoms with Crippen LogP contribution in [0.2, 0.25) is 0 Å². The molecule has 0 fully saturated rings. The van der Waals surface area contributed by atoms with Gasteiger partial charge in [0.2, 0.25) is 0 Å². The predicted molar refractivity (Wildman–Crippen MR) is 43.4 cm³/mol. The fourth-order valence-corrected chi connectivity index (χ4v) is 0.678. The molecule has 1 rings (SSSR count). The molecule has 0 saturated heterocycles. The molecule has 1 aromatic rings. The fraction of sp³-hybridized carbons (Fsp3) is 0.250. The molecule has 1 amide bonds. The minimum Gasteiger partial charge on any atom is -0.322 e. The first-order chi connectivity index (χ1) is 5.70. The van der Waals surface area contributed by atoms with Gasteiger partial charge < -0.3 is 5.32 Å². The van der Waals surface area contributed by atoms with Gasteiger partial charge >= 0.3 is 0 Å². The SMILES string of the molecule is CC(F)C(=O)Nc1cccnc1. The first-order valence-electron chi connectivity index (χ1n) is 3.55. The van der Waals surface area contributed by atoms with E-state index < -0.39 is 12.1 Å². The molecule has 0 spiro atoms. The summed E-state index contributed by atoms with van der Waals surface area (Å²) in [6, 6.07) is 3.31. The summed E-state index contributed by atoms with van der Waals surface area (Å²) >= 11 is 0. The zero-order chi connectivity index (χ0) is 8.97. The molecule has 0 aliphatic carbocycles. The summed E-state index contributed by atoms with van der Waals surface area (Å²) in [4.78, 5) is 14.6. The van der Waals surface area contributed by atoms with Gasteiger partial charge in [-0.05, 0) is 19.1 Å². The van der Waals surface area contributed by atoms with Crippen molar-refractivity contribution in [2.75, 3.05) is 5.32 Å². The Hall–Kier alpha value is -1.45. The van der Waals surface area contributed by atoms with Crippen molar-refractivity contribution in [1.29, 1.82) is 0 Å². The van der Waals surface area contributed by atoms with Gasteiger partial charge in [0.05, 0.1) is 11.9 Å². The largest absolute Gasteiger partial charge is 0.322 e. The number of rotatable bonds is 2. The number of carbonyl (C=O) groups is 1. The van der Waals surface area contributed by atoms with Crippen molar-refractivity contribution < 1.29 is 9.18 Å². The van der Waals surface area contributed by atoms with Gasteiger partial charge in [-0.3, -0.25) is 9.78 Å². The van der Waals surface area contributed by atoms with Gasteiger partial charge in [-0.15, -0.1) is 0 Å². The summed E-state index contributed by atoms with van der Waals surface area (Å²) in [7, 11) is 0. The third-order valence-corrected chi connectivity index (χ3v) is 1.29. The molecule has 0 radical (unpaired) electrons. The van der Waals surface area contributed by atoms with E-state index >= 15 is 0 Å². The normalized spacial score (nSPS) is 12.2. The third-order valence-electron chi connectivity index (χ3n) is 1.29. The van der Waals surface area contributed by atoms with Gasteiger partial charge in [0.15, 0.2) is 6.17 Å². The Morgan fingerprint density at radius 1 is 1.75 bits per heavy atom. The quantitative estimate of drug-likeness (QED) is 0.724. The van der Waals surface area contributed by atoms with Crippen LogP contribution < -0.4 is 5.32 Å². The molecule has 1 heterocycles. The van der Waals surface area contributed by atoms with Gasteiger partial charge in [-0.2, -0.15) is 0 Å². The zero-order valence-electron chi connectivity index (χ0n) is 6.62. The van der Waals surface area contributed by atoms with E-state index in [4.69, 9.17) is 0 Å². The molecule has 0 aromatic carbocycles. The monoisotopic (exact) mass is 168 g/mol. The van der Waals surface area contributed by atoms with E-state index in [9.17, 15) is 9.18 Å². The Balaban J connectivity index is 2.59. The Morgan fingerprint density at radius 2 is 2.50 bits per heavy atom. The predicted octanol–water partition coefficient (Wildman–Crippen LogP) is 1.38. The summed E-state index contributed by atoms with van der Waals surface area (Å²) in [6.45, 7) is 1.19. The Labute approximate surface area is 69.6 Å². The van der Waals surface area contributed by atoms with Crippen LogP contribution in [0.5, 0.6) is 0 Å². The number of hydrogen-bond acceptors (Lipinski definition) is 2. The molecule has 0 aliphatic rings. The highest BCUT2D eigenvalue weighted by Gasteiger charge is 2.09. The Bertz CT molecular complexity index is 261. The summed E-state index contributed by atoms with van der Waals surface area (Å²) in [5.74, 6) is -0.650. The van der Waals surface area contributed by atoms with Crippen LogP contribution in [0.4, 0.5) is 10.1 Å². The molecule has 1 atom stereocenters. The zero-order valence-corrected chi connectivity index (χ0v) is 6.62. The molecule has 0 bridgehead atoms. The standard InChI is InChI=1S/C8H9FN2O/c1-6(9)8(12)11-7-3-2-4-10-5-7/h2-6H,1H3,(H,11,12). The van der Waals surface area contributed by atoms with Crippen molar-refractivity contribution in [3.63, 3.8) is 0 Å². The Morgan fingerprint density at radius 3 is 3.00 bits per heavy atom. The number of amides is 1. The molecule has 12 heavy (non-hydrogen) atoms. The molecular formula is C8H9FN2O. The fourth-order valence-electron chi connectivity index (χ4n) is 0.678. The number of nitrogens with zero attached hydrogens (tertiary/aromatic N) is 1. The van der Waals surface area contributed by atoms with Crippen LogP contribution in [-0.4, -0.2) is 17.1 Å². The molecule has 0 aliphatic heterocycles. The average molecular weight is 168 g/mol. The highest BCUT2D eigenvalue weighted by atomic mass is 19.1. The molecule has 0 saturated carbocycles. The molecule has 4 heteroatoms. The maximum Gasteiger partial charge on any atom is 0.258 e.